The standard InChI is InChI=1S/C20H27NO8/c1-5-18(23)28-16-8-7-14(10-17(16)29-19(24)6-2)9-15(20(25)26)21-11-12(3)27-13(4)22/h7-8,10,12,15,21H,5-6,9,11H2,1-4H3,(H,25,26)/t12?,15-/m0/s1. The van der Waals surface area contributed by atoms with Crippen molar-refractivity contribution in [1.29, 1.82) is 0 Å². The van der Waals surface area contributed by atoms with E-state index in [-0.39, 0.29) is 37.3 Å². The predicted octanol–water partition coefficient (Wildman–Crippen LogP) is 1.85. The van der Waals surface area contributed by atoms with E-state index in [9.17, 15) is 24.3 Å². The van der Waals surface area contributed by atoms with Crippen LogP contribution in [0, 0.1) is 0 Å². The maximum Gasteiger partial charge on any atom is 0.321 e. The average Bonchev–Trinajstić information content (AvgIpc) is 2.65. The lowest BCUT2D eigenvalue weighted by atomic mass is 10.0. The van der Waals surface area contributed by atoms with Gasteiger partial charge >= 0.3 is 23.9 Å². The maximum atomic E-state index is 11.7. The molecule has 2 N–H and O–H groups in total. The van der Waals surface area contributed by atoms with Gasteiger partial charge in [-0.2, -0.15) is 0 Å². The van der Waals surface area contributed by atoms with Crippen LogP contribution in [-0.2, 0) is 30.3 Å². The molecule has 0 radical (unpaired) electrons. The lowest BCUT2D eigenvalue weighted by molar-refractivity contribution is -0.145. The van der Waals surface area contributed by atoms with E-state index in [2.05, 4.69) is 5.32 Å². The number of hydrogen-bond acceptors (Lipinski definition) is 8. The zero-order valence-electron chi connectivity index (χ0n) is 17.0. The average molecular weight is 409 g/mol. The fourth-order valence-corrected chi connectivity index (χ4v) is 2.35. The molecule has 1 aromatic rings. The Labute approximate surface area is 169 Å². The van der Waals surface area contributed by atoms with E-state index >= 15 is 0 Å². The molecule has 0 amide bonds. The van der Waals surface area contributed by atoms with Gasteiger partial charge in [0.15, 0.2) is 11.5 Å². The second-order valence-electron chi connectivity index (χ2n) is 6.36. The van der Waals surface area contributed by atoms with Crippen LogP contribution in [-0.4, -0.2) is 47.7 Å². The molecule has 0 aliphatic carbocycles. The van der Waals surface area contributed by atoms with Gasteiger partial charge in [0.1, 0.15) is 12.1 Å². The quantitative estimate of drug-likeness (QED) is 0.415. The van der Waals surface area contributed by atoms with Crippen molar-refractivity contribution < 1.29 is 38.5 Å². The van der Waals surface area contributed by atoms with Crippen LogP contribution in [0.15, 0.2) is 18.2 Å². The first-order valence-corrected chi connectivity index (χ1v) is 9.33. The summed E-state index contributed by atoms with van der Waals surface area (Å²) in [6, 6.07) is 3.56. The Bertz CT molecular complexity index is 746. The number of carboxylic acid groups (broad SMARTS) is 1. The number of esters is 3. The van der Waals surface area contributed by atoms with E-state index in [0.717, 1.165) is 0 Å². The minimum atomic E-state index is -1.09. The van der Waals surface area contributed by atoms with Crippen LogP contribution in [0.5, 0.6) is 11.5 Å². The van der Waals surface area contributed by atoms with Gasteiger partial charge in [-0.3, -0.25) is 19.2 Å². The van der Waals surface area contributed by atoms with Crippen LogP contribution in [0.3, 0.4) is 0 Å². The molecule has 1 aromatic carbocycles. The Balaban J connectivity index is 2.97. The van der Waals surface area contributed by atoms with Gasteiger partial charge in [-0.05, 0) is 31.0 Å². The van der Waals surface area contributed by atoms with E-state index in [1.807, 2.05) is 0 Å². The molecule has 0 saturated heterocycles. The Morgan fingerprint density at radius 1 is 1.03 bits per heavy atom. The summed E-state index contributed by atoms with van der Waals surface area (Å²) >= 11 is 0. The molecule has 2 atom stereocenters. The van der Waals surface area contributed by atoms with Crippen molar-refractivity contribution in [2.24, 2.45) is 0 Å². The largest absolute Gasteiger partial charge is 0.480 e. The monoisotopic (exact) mass is 409 g/mol. The SMILES string of the molecule is CCC(=O)Oc1ccc(C[C@H](NCC(C)OC(C)=O)C(=O)O)cc1OC(=O)CC. The number of carboxylic acids is 1. The van der Waals surface area contributed by atoms with Gasteiger partial charge in [0.25, 0.3) is 0 Å². The lowest BCUT2D eigenvalue weighted by Gasteiger charge is -2.19. The molecule has 0 aliphatic heterocycles. The van der Waals surface area contributed by atoms with E-state index in [1.165, 1.54) is 19.1 Å². The predicted molar refractivity (Wildman–Crippen MR) is 103 cm³/mol. The highest BCUT2D eigenvalue weighted by Crippen LogP contribution is 2.30. The minimum absolute atomic E-state index is 0.0496. The number of rotatable bonds is 11. The minimum Gasteiger partial charge on any atom is -0.480 e. The Morgan fingerprint density at radius 3 is 2.14 bits per heavy atom. The van der Waals surface area contributed by atoms with Crippen molar-refractivity contribution in [2.75, 3.05) is 6.54 Å². The van der Waals surface area contributed by atoms with Crippen LogP contribution in [0.25, 0.3) is 0 Å². The molecule has 0 saturated carbocycles. The van der Waals surface area contributed by atoms with Crippen LogP contribution in [0.1, 0.15) is 46.1 Å². The highest BCUT2D eigenvalue weighted by Gasteiger charge is 2.21. The van der Waals surface area contributed by atoms with Crippen molar-refractivity contribution in [1.82, 2.24) is 5.32 Å². The molecule has 0 aromatic heterocycles. The van der Waals surface area contributed by atoms with Gasteiger partial charge in [-0.1, -0.05) is 19.9 Å². The van der Waals surface area contributed by atoms with E-state index in [0.29, 0.717) is 5.56 Å². The molecular formula is C20H27NO8. The molecule has 160 valence electrons. The summed E-state index contributed by atoms with van der Waals surface area (Å²) in [5.74, 6) is -2.41. The first kappa shape index (κ1) is 24.1. The summed E-state index contributed by atoms with van der Waals surface area (Å²) < 4.78 is 15.4. The molecule has 9 heteroatoms. The van der Waals surface area contributed by atoms with Crippen molar-refractivity contribution in [2.45, 2.75) is 59.1 Å². The van der Waals surface area contributed by atoms with E-state index in [1.54, 1.807) is 26.8 Å². The van der Waals surface area contributed by atoms with Crippen molar-refractivity contribution in [3.63, 3.8) is 0 Å². The first-order valence-electron chi connectivity index (χ1n) is 9.33. The fourth-order valence-electron chi connectivity index (χ4n) is 2.35. The molecule has 0 spiro atoms. The summed E-state index contributed by atoms with van der Waals surface area (Å²) in [5, 5.41) is 12.3. The summed E-state index contributed by atoms with van der Waals surface area (Å²) in [4.78, 5) is 45.8. The van der Waals surface area contributed by atoms with E-state index in [4.69, 9.17) is 14.2 Å². The molecule has 0 bridgehead atoms. The topological polar surface area (TPSA) is 128 Å². The number of carbonyl (C=O) groups excluding carboxylic acids is 3. The second-order valence-corrected chi connectivity index (χ2v) is 6.36. The van der Waals surface area contributed by atoms with Gasteiger partial charge in [0.05, 0.1) is 0 Å². The maximum absolute atomic E-state index is 11.7. The number of hydrogen-bond donors (Lipinski definition) is 2. The summed E-state index contributed by atoms with van der Waals surface area (Å²) in [6.45, 7) is 6.33. The number of ether oxygens (including phenoxy) is 3. The Kier molecular flexibility index (Phi) is 9.81. The van der Waals surface area contributed by atoms with Gasteiger partial charge in [-0.25, -0.2) is 0 Å². The number of benzene rings is 1. The first-order chi connectivity index (χ1) is 13.7. The molecule has 0 fully saturated rings. The van der Waals surface area contributed by atoms with Crippen LogP contribution in [0.4, 0.5) is 0 Å². The zero-order chi connectivity index (χ0) is 22.0. The number of nitrogens with one attached hydrogen (secondary N) is 1. The summed E-state index contributed by atoms with van der Waals surface area (Å²) in [6.07, 6.45) is -0.153. The number of carbonyl (C=O) groups is 4. The van der Waals surface area contributed by atoms with Crippen molar-refractivity contribution in [3.8, 4) is 11.5 Å². The number of aliphatic carboxylic acids is 1. The summed E-state index contributed by atoms with van der Waals surface area (Å²) in [5.41, 5.74) is 0.556. The van der Waals surface area contributed by atoms with Crippen LogP contribution < -0.4 is 14.8 Å². The smallest absolute Gasteiger partial charge is 0.321 e. The van der Waals surface area contributed by atoms with Gasteiger partial charge in [0, 0.05) is 26.3 Å². The second kappa shape index (κ2) is 11.8. The van der Waals surface area contributed by atoms with E-state index < -0.39 is 36.0 Å². The summed E-state index contributed by atoms with van der Waals surface area (Å²) in [7, 11) is 0. The Hall–Kier alpha value is -2.94. The highest BCUT2D eigenvalue weighted by molar-refractivity contribution is 5.76. The third-order valence-electron chi connectivity index (χ3n) is 3.79. The zero-order valence-corrected chi connectivity index (χ0v) is 17.0. The molecule has 0 aliphatic rings. The van der Waals surface area contributed by atoms with Gasteiger partial charge in [0.2, 0.25) is 0 Å². The third-order valence-corrected chi connectivity index (χ3v) is 3.79. The normalized spacial score (nSPS) is 12.6. The van der Waals surface area contributed by atoms with Crippen LogP contribution >= 0.6 is 0 Å². The molecule has 0 heterocycles. The molecule has 9 nitrogen and oxygen atoms in total. The fraction of sp³-hybridized carbons (Fsp3) is 0.500. The van der Waals surface area contributed by atoms with Gasteiger partial charge < -0.3 is 24.6 Å². The molecule has 1 rings (SSSR count). The third kappa shape index (κ3) is 8.73. The lowest BCUT2D eigenvalue weighted by Crippen LogP contribution is -2.42. The Morgan fingerprint density at radius 2 is 1.62 bits per heavy atom. The highest BCUT2D eigenvalue weighted by atomic mass is 16.6. The molecule has 1 unspecified atom stereocenters. The van der Waals surface area contributed by atoms with Crippen molar-refractivity contribution >= 4 is 23.9 Å². The van der Waals surface area contributed by atoms with Crippen molar-refractivity contribution in [3.05, 3.63) is 23.8 Å². The van der Waals surface area contributed by atoms with Gasteiger partial charge in [-0.15, -0.1) is 0 Å². The van der Waals surface area contributed by atoms with Crippen LogP contribution in [0.2, 0.25) is 0 Å². The molecule has 29 heavy (non-hydrogen) atoms. The molecular weight excluding hydrogens is 382 g/mol.